The number of esters is 2. The van der Waals surface area contributed by atoms with E-state index in [1.54, 1.807) is 12.1 Å². The molecule has 0 radical (unpaired) electrons. The molecule has 0 unspecified atom stereocenters. The van der Waals surface area contributed by atoms with Gasteiger partial charge in [0.2, 0.25) is 0 Å². The Labute approximate surface area is 156 Å². The lowest BCUT2D eigenvalue weighted by molar-refractivity contribution is -0.147. The number of ether oxygens (including phenoxy) is 2. The lowest BCUT2D eigenvalue weighted by Crippen LogP contribution is -2.13. The molecule has 0 saturated carbocycles. The molecule has 0 heterocycles. The van der Waals surface area contributed by atoms with Crippen molar-refractivity contribution >= 4 is 35.1 Å². The van der Waals surface area contributed by atoms with E-state index < -0.39 is 11.9 Å². The number of halogens is 2. The van der Waals surface area contributed by atoms with E-state index >= 15 is 0 Å². The molecule has 0 aliphatic heterocycles. The van der Waals surface area contributed by atoms with Crippen LogP contribution in [0.3, 0.4) is 0 Å². The first-order valence-corrected chi connectivity index (χ1v) is 8.66. The summed E-state index contributed by atoms with van der Waals surface area (Å²) in [5.74, 6) is -0.817. The van der Waals surface area contributed by atoms with Gasteiger partial charge in [-0.2, -0.15) is 0 Å². The molecule has 25 heavy (non-hydrogen) atoms. The second kappa shape index (κ2) is 10.1. The maximum atomic E-state index is 11.8. The summed E-state index contributed by atoms with van der Waals surface area (Å²) in [6, 6.07) is 14.7. The number of rotatable bonds is 8. The van der Waals surface area contributed by atoms with Crippen molar-refractivity contribution in [2.45, 2.75) is 25.7 Å². The first-order valence-electron chi connectivity index (χ1n) is 7.90. The van der Waals surface area contributed by atoms with Gasteiger partial charge in [0.1, 0.15) is 5.02 Å². The smallest absolute Gasteiger partial charge is 0.311 e. The van der Waals surface area contributed by atoms with Crippen LogP contribution in [0.15, 0.2) is 48.5 Å². The molecule has 132 valence electrons. The maximum Gasteiger partial charge on any atom is 0.311 e. The number of hydrogen-bond donors (Lipinski definition) is 0. The predicted octanol–water partition coefficient (Wildman–Crippen LogP) is 4.86. The van der Waals surface area contributed by atoms with Crippen LogP contribution in [0.2, 0.25) is 10.0 Å². The zero-order chi connectivity index (χ0) is 18.1. The van der Waals surface area contributed by atoms with Crippen molar-refractivity contribution in [3.63, 3.8) is 0 Å². The summed E-state index contributed by atoms with van der Waals surface area (Å²) in [4.78, 5) is 23.4. The van der Waals surface area contributed by atoms with Crippen LogP contribution >= 0.6 is 23.2 Å². The maximum absolute atomic E-state index is 11.8. The highest BCUT2D eigenvalue weighted by Gasteiger charge is 2.13. The van der Waals surface area contributed by atoms with Gasteiger partial charge < -0.3 is 9.47 Å². The first-order chi connectivity index (χ1) is 12.1. The largest absolute Gasteiger partial charge is 0.466 e. The van der Waals surface area contributed by atoms with Gasteiger partial charge in [-0.05, 0) is 30.5 Å². The van der Waals surface area contributed by atoms with Crippen molar-refractivity contribution < 1.29 is 19.1 Å². The molecular formula is C19H18Cl2O4. The van der Waals surface area contributed by atoms with Gasteiger partial charge in [0, 0.05) is 0 Å². The summed E-state index contributed by atoms with van der Waals surface area (Å²) < 4.78 is 10.2. The molecule has 4 nitrogen and oxygen atoms in total. The number of carbonyl (C=O) groups is 2. The van der Waals surface area contributed by atoms with Gasteiger partial charge in [0.25, 0.3) is 0 Å². The molecule has 6 heteroatoms. The molecule has 0 amide bonds. The van der Waals surface area contributed by atoms with Gasteiger partial charge in [0.15, 0.2) is 5.75 Å². The molecule has 0 fully saturated rings. The van der Waals surface area contributed by atoms with Crippen LogP contribution < -0.4 is 4.74 Å². The molecule has 0 N–H and O–H groups in total. The van der Waals surface area contributed by atoms with E-state index in [0.29, 0.717) is 11.6 Å². The van der Waals surface area contributed by atoms with Crippen molar-refractivity contribution in [3.8, 4) is 5.75 Å². The quantitative estimate of drug-likeness (QED) is 0.373. The van der Waals surface area contributed by atoms with Crippen LogP contribution in [0.25, 0.3) is 0 Å². The summed E-state index contributed by atoms with van der Waals surface area (Å²) >= 11 is 11.8. The molecular weight excluding hydrogens is 363 g/mol. The van der Waals surface area contributed by atoms with Crippen molar-refractivity contribution in [1.29, 1.82) is 0 Å². The second-order valence-electron chi connectivity index (χ2n) is 5.34. The molecule has 2 aromatic rings. The zero-order valence-corrected chi connectivity index (χ0v) is 15.1. The van der Waals surface area contributed by atoms with E-state index in [4.69, 9.17) is 32.7 Å². The van der Waals surface area contributed by atoms with Gasteiger partial charge in [0.05, 0.1) is 24.5 Å². The standard InChI is InChI=1S/C19H18Cl2O4/c20-15-9-4-10-16(19(15)21)25-18(23)12-11-17(22)24-13-5-8-14-6-2-1-3-7-14/h1-4,6-7,9-10H,5,8,11-13H2. The van der Waals surface area contributed by atoms with Gasteiger partial charge >= 0.3 is 11.9 Å². The molecule has 0 aliphatic rings. The molecule has 2 rings (SSSR count). The molecule has 0 spiro atoms. The lowest BCUT2D eigenvalue weighted by atomic mass is 10.1. The van der Waals surface area contributed by atoms with Crippen molar-refractivity contribution in [1.82, 2.24) is 0 Å². The number of carbonyl (C=O) groups excluding carboxylic acids is 2. The van der Waals surface area contributed by atoms with E-state index in [2.05, 4.69) is 0 Å². The number of aryl methyl sites for hydroxylation is 1. The summed E-state index contributed by atoms with van der Waals surface area (Å²) in [7, 11) is 0. The van der Waals surface area contributed by atoms with Crippen molar-refractivity contribution in [2.75, 3.05) is 6.61 Å². The van der Waals surface area contributed by atoms with Crippen molar-refractivity contribution in [2.24, 2.45) is 0 Å². The van der Waals surface area contributed by atoms with Crippen LogP contribution in [0, 0.1) is 0 Å². The first kappa shape index (κ1) is 19.3. The molecule has 0 bridgehead atoms. The van der Waals surface area contributed by atoms with Crippen LogP contribution in [0.4, 0.5) is 0 Å². The summed E-state index contributed by atoms with van der Waals surface area (Å²) in [5, 5.41) is 0.464. The Morgan fingerprint density at radius 1 is 0.880 bits per heavy atom. The van der Waals surface area contributed by atoms with E-state index in [1.807, 2.05) is 30.3 Å². The minimum Gasteiger partial charge on any atom is -0.466 e. The van der Waals surface area contributed by atoms with E-state index in [9.17, 15) is 9.59 Å². The number of hydrogen-bond acceptors (Lipinski definition) is 4. The molecule has 0 saturated heterocycles. The lowest BCUT2D eigenvalue weighted by Gasteiger charge is -2.07. The minimum atomic E-state index is -0.564. The van der Waals surface area contributed by atoms with Crippen molar-refractivity contribution in [3.05, 3.63) is 64.1 Å². The monoisotopic (exact) mass is 380 g/mol. The van der Waals surface area contributed by atoms with Crippen LogP contribution in [-0.4, -0.2) is 18.5 Å². The summed E-state index contributed by atoms with van der Waals surface area (Å²) in [6.07, 6.45) is 1.45. The second-order valence-corrected chi connectivity index (χ2v) is 6.12. The predicted molar refractivity (Wildman–Crippen MR) is 97.1 cm³/mol. The Morgan fingerprint density at radius 2 is 1.60 bits per heavy atom. The Kier molecular flexibility index (Phi) is 7.76. The van der Waals surface area contributed by atoms with Crippen LogP contribution in [0.5, 0.6) is 5.75 Å². The fourth-order valence-electron chi connectivity index (χ4n) is 2.12. The fourth-order valence-corrected chi connectivity index (χ4v) is 2.45. The normalized spacial score (nSPS) is 10.3. The third-order valence-electron chi connectivity index (χ3n) is 3.39. The molecule has 2 aromatic carbocycles. The minimum absolute atomic E-state index is 0.0393. The third kappa shape index (κ3) is 6.77. The van der Waals surface area contributed by atoms with Crippen LogP contribution in [-0.2, 0) is 20.7 Å². The van der Waals surface area contributed by atoms with Gasteiger partial charge in [-0.3, -0.25) is 9.59 Å². The average molecular weight is 381 g/mol. The number of benzene rings is 2. The molecule has 0 aromatic heterocycles. The highest BCUT2D eigenvalue weighted by Crippen LogP contribution is 2.31. The summed E-state index contributed by atoms with van der Waals surface area (Å²) in [5.41, 5.74) is 1.19. The van der Waals surface area contributed by atoms with E-state index in [-0.39, 0.29) is 23.6 Å². The Hall–Kier alpha value is -2.04. The highest BCUT2D eigenvalue weighted by atomic mass is 35.5. The van der Waals surface area contributed by atoms with Crippen LogP contribution in [0.1, 0.15) is 24.8 Å². The Morgan fingerprint density at radius 3 is 2.36 bits per heavy atom. The molecule has 0 aliphatic carbocycles. The highest BCUT2D eigenvalue weighted by molar-refractivity contribution is 6.43. The Balaban J connectivity index is 1.64. The van der Waals surface area contributed by atoms with Gasteiger partial charge in [-0.25, -0.2) is 0 Å². The zero-order valence-electron chi connectivity index (χ0n) is 13.5. The van der Waals surface area contributed by atoms with Gasteiger partial charge in [-0.1, -0.05) is 59.6 Å². The third-order valence-corrected chi connectivity index (χ3v) is 4.19. The fraction of sp³-hybridized carbons (Fsp3) is 0.263. The average Bonchev–Trinajstić information content (AvgIpc) is 2.62. The van der Waals surface area contributed by atoms with Gasteiger partial charge in [-0.15, -0.1) is 0 Å². The van der Waals surface area contributed by atoms with E-state index in [1.165, 1.54) is 11.6 Å². The SMILES string of the molecule is O=C(CCC(=O)Oc1cccc(Cl)c1Cl)OCCCc1ccccc1. The molecule has 0 atom stereocenters. The Bertz CT molecular complexity index is 717. The van der Waals surface area contributed by atoms with E-state index in [0.717, 1.165) is 12.8 Å². The summed E-state index contributed by atoms with van der Waals surface area (Å²) in [6.45, 7) is 0.322. The topological polar surface area (TPSA) is 52.6 Å².